The predicted octanol–water partition coefficient (Wildman–Crippen LogP) is 6.11. The molecule has 6 heteroatoms. The molecule has 0 spiro atoms. The first kappa shape index (κ1) is 26.4. The second-order valence-corrected chi connectivity index (χ2v) is 8.95. The summed E-state index contributed by atoms with van der Waals surface area (Å²) in [5, 5.41) is 32.8. The molecule has 2 rings (SSSR count). The van der Waals surface area contributed by atoms with Crippen molar-refractivity contribution >= 4 is 16.8 Å². The van der Waals surface area contributed by atoms with Crippen LogP contribution in [0.25, 0.3) is 11.0 Å². The highest BCUT2D eigenvalue weighted by Gasteiger charge is 2.30. The summed E-state index contributed by atoms with van der Waals surface area (Å²) in [6, 6.07) is 1.13. The van der Waals surface area contributed by atoms with E-state index in [-0.39, 0.29) is 51.4 Å². The van der Waals surface area contributed by atoms with E-state index in [1.807, 2.05) is 33.8 Å². The number of allylic oxidation sites excluding steroid dienone is 4. The van der Waals surface area contributed by atoms with Crippen LogP contribution in [0.15, 0.2) is 38.6 Å². The van der Waals surface area contributed by atoms with Crippen LogP contribution in [0.5, 0.6) is 11.5 Å². The summed E-state index contributed by atoms with van der Waals surface area (Å²) < 4.78 is 5.33. The summed E-state index contributed by atoms with van der Waals surface area (Å²) in [6.45, 7) is 11.4. The Hall–Kier alpha value is -2.86. The quantitative estimate of drug-likeness (QED) is 0.226. The number of aromatic hydroxyl groups is 2. The predicted molar refractivity (Wildman–Crippen MR) is 131 cm³/mol. The van der Waals surface area contributed by atoms with Crippen molar-refractivity contribution < 1.29 is 24.5 Å². The van der Waals surface area contributed by atoms with E-state index < -0.39 is 17.6 Å². The number of hydrogen-bond donors (Lipinski definition) is 3. The van der Waals surface area contributed by atoms with Crippen LogP contribution in [0.2, 0.25) is 0 Å². The molecule has 0 saturated heterocycles. The molecule has 0 fully saturated rings. The van der Waals surface area contributed by atoms with Gasteiger partial charge in [-0.25, -0.2) is 4.79 Å². The molecule has 0 radical (unpaired) electrons. The number of hydrogen-bond acceptors (Lipinski definition) is 6. The van der Waals surface area contributed by atoms with Gasteiger partial charge in [0.05, 0.1) is 11.5 Å². The van der Waals surface area contributed by atoms with Crippen molar-refractivity contribution in [1.29, 1.82) is 0 Å². The highest BCUT2D eigenvalue weighted by Crippen LogP contribution is 2.44. The number of aliphatic hydroxyl groups is 1. The number of benzene rings is 1. The first-order valence-electron chi connectivity index (χ1n) is 11.6. The van der Waals surface area contributed by atoms with Gasteiger partial charge >= 0.3 is 5.63 Å². The summed E-state index contributed by atoms with van der Waals surface area (Å²) in [6.07, 6.45) is 5.75. The maximum atomic E-state index is 13.2. The molecule has 33 heavy (non-hydrogen) atoms. The highest BCUT2D eigenvalue weighted by atomic mass is 16.4. The van der Waals surface area contributed by atoms with E-state index in [0.717, 1.165) is 24.5 Å². The zero-order chi connectivity index (χ0) is 24.9. The fourth-order valence-corrected chi connectivity index (χ4v) is 3.76. The standard InChI is InChI=1S/C27H36O6/c1-7-17(6)24(30)23-26(32)18(13-12-16(5)11-9-10-15(3)4)25(31)22-19(20(28)8-2)14-21(29)33-27(22)23/h10,12,14,17,20,28,31-32H,7-9,11,13H2,1-6H3/t17-,20+/m1/s1. The normalized spacial score (nSPS) is 13.7. The van der Waals surface area contributed by atoms with Crippen LogP contribution in [0.4, 0.5) is 0 Å². The van der Waals surface area contributed by atoms with E-state index >= 15 is 0 Å². The zero-order valence-electron chi connectivity index (χ0n) is 20.5. The summed E-state index contributed by atoms with van der Waals surface area (Å²) in [7, 11) is 0. The van der Waals surface area contributed by atoms with E-state index in [1.54, 1.807) is 13.8 Å². The van der Waals surface area contributed by atoms with Crippen molar-refractivity contribution in [2.75, 3.05) is 0 Å². The second-order valence-electron chi connectivity index (χ2n) is 8.95. The molecular weight excluding hydrogens is 420 g/mol. The SMILES string of the molecule is CC[C@@H](C)C(=O)c1c(O)c(CC=C(C)CCC=C(C)C)c(O)c2c([C@@H](O)CC)cc(=O)oc12. The number of phenols is 2. The molecule has 0 bridgehead atoms. The minimum atomic E-state index is -1.03. The minimum Gasteiger partial charge on any atom is -0.507 e. The highest BCUT2D eigenvalue weighted by molar-refractivity contribution is 6.12. The van der Waals surface area contributed by atoms with E-state index in [4.69, 9.17) is 4.42 Å². The van der Waals surface area contributed by atoms with Crippen molar-refractivity contribution in [1.82, 2.24) is 0 Å². The molecule has 0 unspecified atom stereocenters. The fraction of sp³-hybridized carbons (Fsp3) is 0.481. The number of phenolic OH excluding ortho intramolecular Hbond substituents is 2. The van der Waals surface area contributed by atoms with Gasteiger partial charge in [0.1, 0.15) is 17.1 Å². The van der Waals surface area contributed by atoms with E-state index in [0.29, 0.717) is 12.8 Å². The van der Waals surface area contributed by atoms with Gasteiger partial charge in [0, 0.05) is 23.1 Å². The molecule has 2 atom stereocenters. The van der Waals surface area contributed by atoms with Gasteiger partial charge in [-0.1, -0.05) is 44.1 Å². The van der Waals surface area contributed by atoms with Gasteiger partial charge in [-0.2, -0.15) is 0 Å². The van der Waals surface area contributed by atoms with Crippen LogP contribution in [0.3, 0.4) is 0 Å². The Morgan fingerprint density at radius 3 is 2.33 bits per heavy atom. The molecule has 1 aromatic carbocycles. The van der Waals surface area contributed by atoms with Crippen molar-refractivity contribution in [2.24, 2.45) is 5.92 Å². The zero-order valence-corrected chi connectivity index (χ0v) is 20.5. The molecule has 6 nitrogen and oxygen atoms in total. The molecule has 0 aliphatic carbocycles. The fourth-order valence-electron chi connectivity index (χ4n) is 3.76. The Kier molecular flexibility index (Phi) is 9.06. The van der Waals surface area contributed by atoms with Gasteiger partial charge in [0.25, 0.3) is 0 Å². The average Bonchev–Trinajstić information content (AvgIpc) is 2.76. The van der Waals surface area contributed by atoms with Gasteiger partial charge in [-0.15, -0.1) is 0 Å². The number of Topliss-reactive ketones (excluding diaryl/α,β-unsaturated/α-hetero) is 1. The van der Waals surface area contributed by atoms with Crippen LogP contribution in [0, 0.1) is 5.92 Å². The van der Waals surface area contributed by atoms with Gasteiger partial charge in [0.15, 0.2) is 11.4 Å². The maximum absolute atomic E-state index is 13.2. The van der Waals surface area contributed by atoms with Crippen LogP contribution < -0.4 is 5.63 Å². The van der Waals surface area contributed by atoms with Crippen LogP contribution in [0.1, 0.15) is 94.8 Å². The third-order valence-corrected chi connectivity index (χ3v) is 6.06. The number of carbonyl (C=O) groups excluding carboxylic acids is 1. The number of ketones is 1. The lowest BCUT2D eigenvalue weighted by atomic mass is 9.89. The number of aliphatic hydroxyl groups excluding tert-OH is 1. The van der Waals surface area contributed by atoms with Crippen molar-refractivity contribution in [3.63, 3.8) is 0 Å². The first-order chi connectivity index (χ1) is 15.5. The average molecular weight is 457 g/mol. The summed E-state index contributed by atoms with van der Waals surface area (Å²) in [4.78, 5) is 25.4. The molecule has 3 N–H and O–H groups in total. The Balaban J connectivity index is 2.77. The Labute approximate surface area is 195 Å². The maximum Gasteiger partial charge on any atom is 0.336 e. The first-order valence-corrected chi connectivity index (χ1v) is 11.6. The van der Waals surface area contributed by atoms with Gasteiger partial charge in [0.2, 0.25) is 0 Å². The van der Waals surface area contributed by atoms with Crippen molar-refractivity contribution in [3.8, 4) is 11.5 Å². The van der Waals surface area contributed by atoms with Crippen molar-refractivity contribution in [2.45, 2.75) is 79.8 Å². The number of carbonyl (C=O) groups is 1. The Bertz CT molecular complexity index is 1130. The van der Waals surface area contributed by atoms with Crippen LogP contribution in [-0.2, 0) is 6.42 Å². The number of rotatable bonds is 10. The molecule has 0 aliphatic heterocycles. The Morgan fingerprint density at radius 1 is 1.09 bits per heavy atom. The lowest BCUT2D eigenvalue weighted by Gasteiger charge is -2.19. The van der Waals surface area contributed by atoms with Gasteiger partial charge in [-0.3, -0.25) is 4.79 Å². The summed E-state index contributed by atoms with van der Waals surface area (Å²) in [5.74, 6) is -1.48. The molecule has 2 aromatic rings. The topological polar surface area (TPSA) is 108 Å². The van der Waals surface area contributed by atoms with Crippen LogP contribution in [-0.4, -0.2) is 21.1 Å². The smallest absolute Gasteiger partial charge is 0.336 e. The van der Waals surface area contributed by atoms with E-state index in [1.165, 1.54) is 5.57 Å². The van der Waals surface area contributed by atoms with Crippen LogP contribution >= 0.6 is 0 Å². The number of fused-ring (bicyclic) bond motifs is 1. The monoisotopic (exact) mass is 456 g/mol. The van der Waals surface area contributed by atoms with Gasteiger partial charge < -0.3 is 19.7 Å². The Morgan fingerprint density at radius 2 is 1.76 bits per heavy atom. The molecule has 1 heterocycles. The largest absolute Gasteiger partial charge is 0.507 e. The minimum absolute atomic E-state index is 0.0963. The molecule has 0 aliphatic rings. The van der Waals surface area contributed by atoms with E-state index in [2.05, 4.69) is 6.08 Å². The second kappa shape index (κ2) is 11.3. The molecule has 0 saturated carbocycles. The third kappa shape index (κ3) is 5.93. The summed E-state index contributed by atoms with van der Waals surface area (Å²) >= 11 is 0. The molecule has 180 valence electrons. The van der Waals surface area contributed by atoms with Crippen molar-refractivity contribution in [3.05, 3.63) is 56.5 Å². The lowest BCUT2D eigenvalue weighted by Crippen LogP contribution is -2.14. The molecule has 1 aromatic heterocycles. The van der Waals surface area contributed by atoms with E-state index in [9.17, 15) is 24.9 Å². The lowest BCUT2D eigenvalue weighted by molar-refractivity contribution is 0.0925. The van der Waals surface area contributed by atoms with Gasteiger partial charge in [-0.05, 0) is 52.9 Å². The third-order valence-electron chi connectivity index (χ3n) is 6.06. The molecule has 0 amide bonds. The summed E-state index contributed by atoms with van der Waals surface area (Å²) in [5.41, 5.74) is 1.62. The molecular formula is C27H36O6.